The molecule has 0 saturated heterocycles. The van der Waals surface area contributed by atoms with Crippen molar-refractivity contribution in [2.75, 3.05) is 0 Å². The van der Waals surface area contributed by atoms with Crippen molar-refractivity contribution in [1.29, 1.82) is 0 Å². The molecule has 1 heterocycles. The molecular formula is C9H12Cl2F2N2. The molecule has 6 heteroatoms. The van der Waals surface area contributed by atoms with Gasteiger partial charge in [0, 0.05) is 11.6 Å². The fraction of sp³-hybridized carbons (Fsp3) is 0.444. The molecule has 0 radical (unpaired) electrons. The second kappa shape index (κ2) is 5.58. The zero-order valence-corrected chi connectivity index (χ0v) is 9.45. The minimum absolute atomic E-state index is 0. The van der Waals surface area contributed by atoms with Crippen LogP contribution >= 0.6 is 24.8 Å². The van der Waals surface area contributed by atoms with E-state index in [4.69, 9.17) is 5.73 Å². The average Bonchev–Trinajstić information content (AvgIpc) is 2.85. The fourth-order valence-corrected chi connectivity index (χ4v) is 1.43. The highest BCUT2D eigenvalue weighted by Gasteiger charge is 2.32. The predicted octanol–water partition coefficient (Wildman–Crippen LogP) is 2.61. The van der Waals surface area contributed by atoms with E-state index in [0.29, 0.717) is 0 Å². The molecule has 1 aromatic rings. The number of nitrogens with zero attached hydrogens (tertiary/aromatic N) is 1. The predicted molar refractivity (Wildman–Crippen MR) is 58.3 cm³/mol. The van der Waals surface area contributed by atoms with Crippen molar-refractivity contribution < 1.29 is 8.78 Å². The Morgan fingerprint density at radius 1 is 1.20 bits per heavy atom. The van der Waals surface area contributed by atoms with E-state index in [1.54, 1.807) is 0 Å². The molecule has 2 N–H and O–H groups in total. The van der Waals surface area contributed by atoms with Gasteiger partial charge in [0.15, 0.2) is 0 Å². The molecule has 1 saturated carbocycles. The molecule has 86 valence electrons. The molecule has 0 amide bonds. The topological polar surface area (TPSA) is 38.9 Å². The van der Waals surface area contributed by atoms with E-state index in [9.17, 15) is 8.78 Å². The van der Waals surface area contributed by atoms with Crippen LogP contribution in [0.3, 0.4) is 0 Å². The molecule has 1 aliphatic rings. The summed E-state index contributed by atoms with van der Waals surface area (Å²) in [6.45, 7) is 0. The monoisotopic (exact) mass is 256 g/mol. The van der Waals surface area contributed by atoms with E-state index in [0.717, 1.165) is 25.2 Å². The van der Waals surface area contributed by atoms with Gasteiger partial charge in [-0.15, -0.1) is 24.8 Å². The molecule has 2 nitrogen and oxygen atoms in total. The second-order valence-corrected chi connectivity index (χ2v) is 3.38. The minimum Gasteiger partial charge on any atom is -0.324 e. The molecule has 0 aromatic carbocycles. The van der Waals surface area contributed by atoms with Gasteiger partial charge in [-0.2, -0.15) is 0 Å². The summed E-state index contributed by atoms with van der Waals surface area (Å²) in [5.41, 5.74) is 5.68. The number of halogens is 4. The summed E-state index contributed by atoms with van der Waals surface area (Å²) in [4.78, 5) is 3.40. The van der Waals surface area contributed by atoms with E-state index in [2.05, 4.69) is 4.98 Å². The van der Waals surface area contributed by atoms with Crippen LogP contribution in [0.25, 0.3) is 0 Å². The molecule has 1 atom stereocenters. The van der Waals surface area contributed by atoms with Crippen LogP contribution in [0.15, 0.2) is 12.4 Å². The standard InChI is InChI=1S/C9H10F2N2.2ClH/c10-6-3-13-4-7(11)8(6)9(12)5-1-2-5;;/h3-5,9H,1-2,12H2;2*1H/t9-;;/m0../s1. The fourth-order valence-electron chi connectivity index (χ4n) is 1.43. The summed E-state index contributed by atoms with van der Waals surface area (Å²) in [6.07, 6.45) is 3.92. The maximum absolute atomic E-state index is 13.1. The summed E-state index contributed by atoms with van der Waals surface area (Å²) >= 11 is 0. The maximum Gasteiger partial charge on any atom is 0.149 e. The lowest BCUT2D eigenvalue weighted by Gasteiger charge is -2.11. The highest BCUT2D eigenvalue weighted by molar-refractivity contribution is 5.85. The third kappa shape index (κ3) is 3.00. The van der Waals surface area contributed by atoms with E-state index in [1.165, 1.54) is 0 Å². The van der Waals surface area contributed by atoms with Crippen molar-refractivity contribution in [3.05, 3.63) is 29.6 Å². The molecule has 1 aromatic heterocycles. The first kappa shape index (κ1) is 14.6. The quantitative estimate of drug-likeness (QED) is 0.884. The Morgan fingerprint density at radius 3 is 2.07 bits per heavy atom. The van der Waals surface area contributed by atoms with Crippen molar-refractivity contribution in [2.45, 2.75) is 18.9 Å². The van der Waals surface area contributed by atoms with Crippen LogP contribution in [0.2, 0.25) is 0 Å². The van der Waals surface area contributed by atoms with Crippen molar-refractivity contribution in [3.63, 3.8) is 0 Å². The van der Waals surface area contributed by atoms with Gasteiger partial charge < -0.3 is 5.73 Å². The SMILES string of the molecule is Cl.Cl.N[C@H](c1c(F)cncc1F)C1CC1. The van der Waals surface area contributed by atoms with Crippen LogP contribution in [0.4, 0.5) is 8.78 Å². The summed E-state index contributed by atoms with van der Waals surface area (Å²) in [6, 6.07) is -0.511. The Bertz CT molecular complexity index is 312. The van der Waals surface area contributed by atoms with Gasteiger partial charge in [-0.05, 0) is 18.8 Å². The van der Waals surface area contributed by atoms with Crippen molar-refractivity contribution in [2.24, 2.45) is 11.7 Å². The lowest BCUT2D eigenvalue weighted by atomic mass is 10.0. The Morgan fingerprint density at radius 2 is 1.67 bits per heavy atom. The molecule has 2 rings (SSSR count). The number of hydrogen-bond donors (Lipinski definition) is 1. The number of nitrogens with two attached hydrogens (primary N) is 1. The van der Waals surface area contributed by atoms with Crippen molar-refractivity contribution >= 4 is 24.8 Å². The number of aromatic nitrogens is 1. The molecule has 1 fully saturated rings. The minimum atomic E-state index is -0.639. The first-order valence-electron chi connectivity index (χ1n) is 4.24. The smallest absolute Gasteiger partial charge is 0.149 e. The zero-order chi connectivity index (χ0) is 9.42. The Hall–Kier alpha value is -0.450. The van der Waals surface area contributed by atoms with Crippen LogP contribution < -0.4 is 5.73 Å². The summed E-state index contributed by atoms with van der Waals surface area (Å²) in [5.74, 6) is -1.04. The lowest BCUT2D eigenvalue weighted by molar-refractivity contribution is 0.497. The Kier molecular flexibility index (Phi) is 5.42. The molecule has 0 unspecified atom stereocenters. The van der Waals surface area contributed by atoms with Gasteiger partial charge in [0.2, 0.25) is 0 Å². The van der Waals surface area contributed by atoms with Gasteiger partial charge in [0.05, 0.1) is 12.4 Å². The number of rotatable bonds is 2. The van der Waals surface area contributed by atoms with E-state index in [1.807, 2.05) is 0 Å². The van der Waals surface area contributed by atoms with Crippen LogP contribution in [0, 0.1) is 17.6 Å². The highest BCUT2D eigenvalue weighted by Crippen LogP contribution is 2.40. The zero-order valence-electron chi connectivity index (χ0n) is 7.82. The number of pyridine rings is 1. The van der Waals surface area contributed by atoms with E-state index in [-0.39, 0.29) is 36.3 Å². The van der Waals surface area contributed by atoms with Gasteiger partial charge >= 0.3 is 0 Å². The summed E-state index contributed by atoms with van der Waals surface area (Å²) in [7, 11) is 0. The summed E-state index contributed by atoms with van der Waals surface area (Å²) in [5, 5.41) is 0. The normalized spacial score (nSPS) is 16.2. The van der Waals surface area contributed by atoms with Crippen LogP contribution in [-0.4, -0.2) is 4.98 Å². The largest absolute Gasteiger partial charge is 0.324 e. The molecule has 0 spiro atoms. The van der Waals surface area contributed by atoms with Crippen LogP contribution in [0.1, 0.15) is 24.4 Å². The molecule has 1 aliphatic carbocycles. The van der Waals surface area contributed by atoms with Crippen LogP contribution in [-0.2, 0) is 0 Å². The van der Waals surface area contributed by atoms with E-state index >= 15 is 0 Å². The second-order valence-electron chi connectivity index (χ2n) is 3.38. The van der Waals surface area contributed by atoms with Crippen LogP contribution in [0.5, 0.6) is 0 Å². The van der Waals surface area contributed by atoms with Gasteiger partial charge in [0.1, 0.15) is 11.6 Å². The van der Waals surface area contributed by atoms with E-state index < -0.39 is 17.7 Å². The van der Waals surface area contributed by atoms with Crippen molar-refractivity contribution in [3.8, 4) is 0 Å². The Labute approximate surface area is 99.1 Å². The Balaban J connectivity index is 0.000000980. The van der Waals surface area contributed by atoms with Gasteiger partial charge in [-0.3, -0.25) is 4.98 Å². The third-order valence-corrected chi connectivity index (χ3v) is 2.35. The molecule has 0 bridgehead atoms. The first-order chi connectivity index (χ1) is 6.20. The van der Waals surface area contributed by atoms with Gasteiger partial charge in [-0.25, -0.2) is 8.78 Å². The maximum atomic E-state index is 13.1. The lowest BCUT2D eigenvalue weighted by Crippen LogP contribution is -2.16. The van der Waals surface area contributed by atoms with Gasteiger partial charge in [-0.1, -0.05) is 0 Å². The molecule has 15 heavy (non-hydrogen) atoms. The third-order valence-electron chi connectivity index (χ3n) is 2.35. The summed E-state index contributed by atoms with van der Waals surface area (Å²) < 4.78 is 26.2. The molecule has 0 aliphatic heterocycles. The average molecular weight is 257 g/mol. The molecular weight excluding hydrogens is 245 g/mol. The highest BCUT2D eigenvalue weighted by atomic mass is 35.5. The van der Waals surface area contributed by atoms with Crippen molar-refractivity contribution in [1.82, 2.24) is 4.98 Å². The number of hydrogen-bond acceptors (Lipinski definition) is 2. The van der Waals surface area contributed by atoms with Gasteiger partial charge in [0.25, 0.3) is 0 Å². The first-order valence-corrected chi connectivity index (χ1v) is 4.24.